The summed E-state index contributed by atoms with van der Waals surface area (Å²) in [6.45, 7) is 0. The monoisotopic (exact) mass is 191 g/mol. The molecule has 0 saturated heterocycles. The Kier molecular flexibility index (Phi) is 2.68. The Morgan fingerprint density at radius 2 is 1.93 bits per heavy atom. The fourth-order valence-corrected chi connectivity index (χ4v) is 2.22. The lowest BCUT2D eigenvalue weighted by atomic mass is 9.82. The fraction of sp³-hybridized carbons (Fsp3) is 0.545. The molecule has 0 spiro atoms. The second-order valence-electron chi connectivity index (χ2n) is 4.12. The minimum absolute atomic E-state index is 0.398. The number of nitrogen functional groups attached to an aromatic ring is 1. The number of nitrogens with zero attached hydrogens (tertiary/aromatic N) is 1. The highest BCUT2D eigenvalue weighted by atomic mass is 14.7. The molecule has 4 N–H and O–H groups in total. The predicted molar refractivity (Wildman–Crippen MR) is 57.8 cm³/mol. The first-order valence-corrected chi connectivity index (χ1v) is 5.22. The first-order valence-electron chi connectivity index (χ1n) is 5.22. The van der Waals surface area contributed by atoms with Crippen molar-refractivity contribution in [1.82, 2.24) is 4.98 Å². The van der Waals surface area contributed by atoms with Crippen LogP contribution in [0.1, 0.15) is 37.2 Å². The summed E-state index contributed by atoms with van der Waals surface area (Å²) < 4.78 is 0. The maximum Gasteiger partial charge on any atom is 0.0535 e. The highest BCUT2D eigenvalue weighted by molar-refractivity contribution is 5.46. The number of rotatable bonds is 1. The summed E-state index contributed by atoms with van der Waals surface area (Å²) in [5, 5.41) is 0. The third-order valence-corrected chi connectivity index (χ3v) is 3.10. The maximum absolute atomic E-state index is 5.89. The van der Waals surface area contributed by atoms with Crippen LogP contribution >= 0.6 is 0 Å². The van der Waals surface area contributed by atoms with Crippen LogP contribution in [0.25, 0.3) is 0 Å². The van der Waals surface area contributed by atoms with Crippen molar-refractivity contribution in [2.75, 3.05) is 5.73 Å². The second kappa shape index (κ2) is 3.96. The normalized spacial score (nSPS) is 27.5. The van der Waals surface area contributed by atoms with Gasteiger partial charge in [-0.05, 0) is 43.2 Å². The minimum atomic E-state index is 0.398. The highest BCUT2D eigenvalue weighted by Crippen LogP contribution is 2.34. The van der Waals surface area contributed by atoms with Crippen LogP contribution in [0.5, 0.6) is 0 Å². The van der Waals surface area contributed by atoms with E-state index in [1.54, 1.807) is 6.20 Å². The average Bonchev–Trinajstić information content (AvgIpc) is 2.20. The van der Waals surface area contributed by atoms with Crippen molar-refractivity contribution in [2.45, 2.75) is 37.6 Å². The first-order chi connectivity index (χ1) is 6.77. The van der Waals surface area contributed by atoms with E-state index in [2.05, 4.69) is 4.98 Å². The Hall–Kier alpha value is -1.09. The lowest BCUT2D eigenvalue weighted by Gasteiger charge is -2.26. The molecule has 0 aromatic carbocycles. The minimum Gasteiger partial charge on any atom is -0.397 e. The molecular formula is C11H17N3. The molecule has 0 amide bonds. The average molecular weight is 191 g/mol. The van der Waals surface area contributed by atoms with Gasteiger partial charge in [-0.2, -0.15) is 0 Å². The number of hydrogen-bond donors (Lipinski definition) is 2. The topological polar surface area (TPSA) is 64.9 Å². The maximum atomic E-state index is 5.89. The molecule has 0 bridgehead atoms. The zero-order valence-electron chi connectivity index (χ0n) is 8.32. The van der Waals surface area contributed by atoms with E-state index in [4.69, 9.17) is 11.5 Å². The van der Waals surface area contributed by atoms with Crippen molar-refractivity contribution in [1.29, 1.82) is 0 Å². The zero-order valence-corrected chi connectivity index (χ0v) is 8.32. The molecule has 1 aliphatic carbocycles. The van der Waals surface area contributed by atoms with Crippen LogP contribution in [0.15, 0.2) is 18.5 Å². The number of pyridine rings is 1. The van der Waals surface area contributed by atoms with Gasteiger partial charge in [0.1, 0.15) is 0 Å². The van der Waals surface area contributed by atoms with Crippen molar-refractivity contribution < 1.29 is 0 Å². The van der Waals surface area contributed by atoms with E-state index in [-0.39, 0.29) is 0 Å². The van der Waals surface area contributed by atoms with Crippen LogP contribution in [-0.2, 0) is 0 Å². The summed E-state index contributed by atoms with van der Waals surface area (Å²) in [5.74, 6) is 0.595. The summed E-state index contributed by atoms with van der Waals surface area (Å²) >= 11 is 0. The molecule has 3 nitrogen and oxygen atoms in total. The van der Waals surface area contributed by atoms with Crippen molar-refractivity contribution >= 4 is 5.69 Å². The molecule has 14 heavy (non-hydrogen) atoms. The van der Waals surface area contributed by atoms with Crippen LogP contribution < -0.4 is 11.5 Å². The Morgan fingerprint density at radius 3 is 2.57 bits per heavy atom. The van der Waals surface area contributed by atoms with Gasteiger partial charge in [0.2, 0.25) is 0 Å². The largest absolute Gasteiger partial charge is 0.397 e. The molecule has 0 aliphatic heterocycles. The van der Waals surface area contributed by atoms with Gasteiger partial charge in [0.05, 0.1) is 11.9 Å². The van der Waals surface area contributed by atoms with E-state index in [1.807, 2.05) is 12.3 Å². The SMILES string of the molecule is Nc1cnccc1C1CCC(N)CC1. The van der Waals surface area contributed by atoms with Crippen molar-refractivity contribution in [2.24, 2.45) is 5.73 Å². The number of aromatic nitrogens is 1. The van der Waals surface area contributed by atoms with Gasteiger partial charge < -0.3 is 11.5 Å². The predicted octanol–water partition coefficient (Wildman–Crippen LogP) is 1.65. The van der Waals surface area contributed by atoms with Crippen LogP contribution in [0.3, 0.4) is 0 Å². The Balaban J connectivity index is 2.12. The van der Waals surface area contributed by atoms with Gasteiger partial charge in [-0.25, -0.2) is 0 Å². The molecule has 0 unspecified atom stereocenters. The van der Waals surface area contributed by atoms with Crippen LogP contribution in [0.4, 0.5) is 5.69 Å². The fourth-order valence-electron chi connectivity index (χ4n) is 2.22. The van der Waals surface area contributed by atoms with Crippen LogP contribution in [0, 0.1) is 0 Å². The van der Waals surface area contributed by atoms with E-state index in [9.17, 15) is 0 Å². The molecule has 2 rings (SSSR count). The number of nitrogens with two attached hydrogens (primary N) is 2. The van der Waals surface area contributed by atoms with Gasteiger partial charge in [-0.15, -0.1) is 0 Å². The zero-order chi connectivity index (χ0) is 9.97. The third kappa shape index (κ3) is 1.87. The van der Waals surface area contributed by atoms with Gasteiger partial charge in [0.25, 0.3) is 0 Å². The van der Waals surface area contributed by atoms with E-state index in [1.165, 1.54) is 5.56 Å². The summed E-state index contributed by atoms with van der Waals surface area (Å²) in [7, 11) is 0. The molecule has 0 radical (unpaired) electrons. The summed E-state index contributed by atoms with van der Waals surface area (Å²) in [4.78, 5) is 4.01. The van der Waals surface area contributed by atoms with Crippen LogP contribution in [-0.4, -0.2) is 11.0 Å². The summed E-state index contributed by atoms with van der Waals surface area (Å²) in [6, 6.07) is 2.44. The molecule has 1 aromatic rings. The van der Waals surface area contributed by atoms with Crippen LogP contribution in [0.2, 0.25) is 0 Å². The smallest absolute Gasteiger partial charge is 0.0535 e. The van der Waals surface area contributed by atoms with Gasteiger partial charge in [-0.1, -0.05) is 0 Å². The summed E-state index contributed by atoms with van der Waals surface area (Å²) in [5.41, 5.74) is 13.8. The van der Waals surface area contributed by atoms with Gasteiger partial charge in [-0.3, -0.25) is 4.98 Å². The quantitative estimate of drug-likeness (QED) is 0.709. The third-order valence-electron chi connectivity index (χ3n) is 3.10. The van der Waals surface area contributed by atoms with E-state index in [0.29, 0.717) is 12.0 Å². The molecule has 3 heteroatoms. The first kappa shape index (κ1) is 9.46. The Morgan fingerprint density at radius 1 is 1.21 bits per heavy atom. The molecule has 1 aromatic heterocycles. The van der Waals surface area contributed by atoms with Gasteiger partial charge >= 0.3 is 0 Å². The highest BCUT2D eigenvalue weighted by Gasteiger charge is 2.21. The second-order valence-corrected chi connectivity index (χ2v) is 4.12. The molecule has 1 saturated carbocycles. The van der Waals surface area contributed by atoms with Gasteiger partial charge in [0, 0.05) is 12.2 Å². The van der Waals surface area contributed by atoms with Crippen molar-refractivity contribution in [3.05, 3.63) is 24.0 Å². The number of anilines is 1. The molecule has 76 valence electrons. The lowest BCUT2D eigenvalue weighted by Crippen LogP contribution is -2.26. The molecule has 1 fully saturated rings. The molecule has 0 atom stereocenters. The Labute approximate surface area is 84.5 Å². The van der Waals surface area contributed by atoms with Crippen molar-refractivity contribution in [3.63, 3.8) is 0 Å². The van der Waals surface area contributed by atoms with Gasteiger partial charge in [0.15, 0.2) is 0 Å². The summed E-state index contributed by atoms with van der Waals surface area (Å²) in [6.07, 6.45) is 8.12. The van der Waals surface area contributed by atoms with E-state index < -0.39 is 0 Å². The number of hydrogen-bond acceptors (Lipinski definition) is 3. The van der Waals surface area contributed by atoms with Crippen molar-refractivity contribution in [3.8, 4) is 0 Å². The lowest BCUT2D eigenvalue weighted by molar-refractivity contribution is 0.396. The molecule has 1 aliphatic rings. The molecular weight excluding hydrogens is 174 g/mol. The standard InChI is InChI=1S/C11H17N3/c12-9-3-1-8(2-4-9)10-5-6-14-7-11(10)13/h5-9H,1-4,12-13H2. The Bertz CT molecular complexity index is 303. The van der Waals surface area contributed by atoms with E-state index in [0.717, 1.165) is 31.4 Å². The molecule has 1 heterocycles. The van der Waals surface area contributed by atoms with E-state index >= 15 is 0 Å².